The number of carbonyl (C=O) groups excluding carboxylic acids is 2. The molecule has 0 spiro atoms. The van der Waals surface area contributed by atoms with Crippen molar-refractivity contribution in [2.45, 2.75) is 20.4 Å². The van der Waals surface area contributed by atoms with Crippen LogP contribution in [0.3, 0.4) is 0 Å². The van der Waals surface area contributed by atoms with E-state index < -0.39 is 5.91 Å². The largest absolute Gasteiger partial charge is 0.364 e. The zero-order valence-electron chi connectivity index (χ0n) is 17.3. The highest BCUT2D eigenvalue weighted by molar-refractivity contribution is 6.06. The number of benzene rings is 3. The fraction of sp³-hybridized carbons (Fsp3) is 0.120. The summed E-state index contributed by atoms with van der Waals surface area (Å²) in [6, 6.07) is 18.8. The Balaban J connectivity index is 1.67. The molecule has 0 atom stereocenters. The Morgan fingerprint density at radius 2 is 1.77 bits per heavy atom. The van der Waals surface area contributed by atoms with E-state index >= 15 is 0 Å². The van der Waals surface area contributed by atoms with Crippen molar-refractivity contribution >= 4 is 28.4 Å². The zero-order valence-corrected chi connectivity index (χ0v) is 17.3. The molecular weight excluding hydrogens is 393 g/mol. The lowest BCUT2D eigenvalue weighted by Gasteiger charge is -2.10. The van der Waals surface area contributed by atoms with Crippen LogP contribution in [0, 0.1) is 19.7 Å². The molecule has 4 rings (SSSR count). The van der Waals surface area contributed by atoms with Crippen molar-refractivity contribution in [2.75, 3.05) is 5.32 Å². The van der Waals surface area contributed by atoms with Crippen LogP contribution in [0.2, 0.25) is 0 Å². The molecule has 0 bridgehead atoms. The standard InChI is InChI=1S/C25H22FN3O2/c1-15-6-7-18(10-16(15)2)25(31)28-21-8-9-22-19(12-21)13-23(24(27)30)29(22)14-17-4-3-5-20(26)11-17/h3-13H,14H2,1-2H3,(H2,27,30)(H,28,31). The second-order valence-corrected chi connectivity index (χ2v) is 7.64. The number of rotatable bonds is 5. The van der Waals surface area contributed by atoms with E-state index in [1.807, 2.05) is 32.0 Å². The quantitative estimate of drug-likeness (QED) is 0.491. The summed E-state index contributed by atoms with van der Waals surface area (Å²) in [5.74, 6) is -1.13. The van der Waals surface area contributed by atoms with Crippen LogP contribution in [-0.2, 0) is 6.54 Å². The maximum Gasteiger partial charge on any atom is 0.265 e. The predicted octanol–water partition coefficient (Wildman–Crippen LogP) is 4.80. The maximum absolute atomic E-state index is 13.6. The van der Waals surface area contributed by atoms with Gasteiger partial charge < -0.3 is 15.6 Å². The smallest absolute Gasteiger partial charge is 0.265 e. The van der Waals surface area contributed by atoms with Crippen LogP contribution in [0.1, 0.15) is 37.5 Å². The van der Waals surface area contributed by atoms with Gasteiger partial charge in [0.2, 0.25) is 0 Å². The lowest BCUT2D eigenvalue weighted by Crippen LogP contribution is -2.17. The van der Waals surface area contributed by atoms with Gasteiger partial charge in [0, 0.05) is 28.7 Å². The van der Waals surface area contributed by atoms with Crippen LogP contribution >= 0.6 is 0 Å². The molecule has 0 fully saturated rings. The summed E-state index contributed by atoms with van der Waals surface area (Å²) in [7, 11) is 0. The molecule has 0 unspecified atom stereocenters. The monoisotopic (exact) mass is 415 g/mol. The van der Waals surface area contributed by atoms with Gasteiger partial charge >= 0.3 is 0 Å². The van der Waals surface area contributed by atoms with Gasteiger partial charge in [-0.2, -0.15) is 0 Å². The van der Waals surface area contributed by atoms with Crippen LogP contribution in [0.4, 0.5) is 10.1 Å². The van der Waals surface area contributed by atoms with Gasteiger partial charge in [-0.05, 0) is 79.1 Å². The highest BCUT2D eigenvalue weighted by Crippen LogP contribution is 2.25. The third-order valence-corrected chi connectivity index (χ3v) is 5.41. The lowest BCUT2D eigenvalue weighted by molar-refractivity contribution is 0.0990. The first kappa shape index (κ1) is 20.3. The summed E-state index contributed by atoms with van der Waals surface area (Å²) in [5, 5.41) is 3.65. The maximum atomic E-state index is 13.6. The van der Waals surface area contributed by atoms with E-state index in [1.54, 1.807) is 41.0 Å². The molecule has 0 aliphatic heterocycles. The highest BCUT2D eigenvalue weighted by Gasteiger charge is 2.15. The molecule has 0 aliphatic carbocycles. The van der Waals surface area contributed by atoms with Gasteiger partial charge in [-0.25, -0.2) is 4.39 Å². The number of carbonyl (C=O) groups is 2. The highest BCUT2D eigenvalue weighted by atomic mass is 19.1. The number of aromatic nitrogens is 1. The van der Waals surface area contributed by atoms with Gasteiger partial charge in [0.25, 0.3) is 11.8 Å². The molecule has 6 heteroatoms. The van der Waals surface area contributed by atoms with Gasteiger partial charge in [-0.3, -0.25) is 9.59 Å². The molecule has 2 amide bonds. The summed E-state index contributed by atoms with van der Waals surface area (Å²) < 4.78 is 15.3. The molecule has 4 aromatic rings. The molecule has 1 heterocycles. The Labute approximate surface area is 179 Å². The summed E-state index contributed by atoms with van der Waals surface area (Å²) >= 11 is 0. The minimum Gasteiger partial charge on any atom is -0.364 e. The molecule has 156 valence electrons. The van der Waals surface area contributed by atoms with Crippen molar-refractivity contribution in [1.29, 1.82) is 0 Å². The Kier molecular flexibility index (Phi) is 5.29. The number of amides is 2. The van der Waals surface area contributed by atoms with Gasteiger partial charge in [-0.15, -0.1) is 0 Å². The van der Waals surface area contributed by atoms with Crippen molar-refractivity contribution in [1.82, 2.24) is 4.57 Å². The first-order valence-electron chi connectivity index (χ1n) is 9.88. The van der Waals surface area contributed by atoms with E-state index in [0.717, 1.165) is 22.0 Å². The molecule has 5 nitrogen and oxygen atoms in total. The lowest BCUT2D eigenvalue weighted by atomic mass is 10.1. The Hall–Kier alpha value is -3.93. The molecule has 0 radical (unpaired) electrons. The average Bonchev–Trinajstić information content (AvgIpc) is 3.08. The summed E-state index contributed by atoms with van der Waals surface area (Å²) in [6.45, 7) is 4.26. The van der Waals surface area contributed by atoms with Crippen molar-refractivity contribution in [2.24, 2.45) is 5.73 Å². The van der Waals surface area contributed by atoms with Crippen LogP contribution in [-0.4, -0.2) is 16.4 Å². The summed E-state index contributed by atoms with van der Waals surface area (Å²) in [5.41, 5.74) is 10.7. The Morgan fingerprint density at radius 1 is 0.968 bits per heavy atom. The number of hydrogen-bond acceptors (Lipinski definition) is 2. The molecule has 3 aromatic carbocycles. The zero-order chi connectivity index (χ0) is 22.1. The van der Waals surface area contributed by atoms with Crippen LogP contribution in [0.15, 0.2) is 66.7 Å². The van der Waals surface area contributed by atoms with E-state index in [0.29, 0.717) is 29.1 Å². The number of primary amides is 1. The molecule has 1 aromatic heterocycles. The number of nitrogens with zero attached hydrogens (tertiary/aromatic N) is 1. The molecule has 0 aliphatic rings. The first-order chi connectivity index (χ1) is 14.8. The third kappa shape index (κ3) is 4.19. The van der Waals surface area contributed by atoms with E-state index in [4.69, 9.17) is 5.73 Å². The minimum absolute atomic E-state index is 0.211. The van der Waals surface area contributed by atoms with Crippen LogP contribution in [0.25, 0.3) is 10.9 Å². The average molecular weight is 415 g/mol. The normalized spacial score (nSPS) is 10.9. The van der Waals surface area contributed by atoms with Gasteiger partial charge in [0.1, 0.15) is 11.5 Å². The second kappa shape index (κ2) is 8.07. The molecule has 31 heavy (non-hydrogen) atoms. The number of anilines is 1. The Bertz CT molecular complexity index is 1320. The molecule has 0 saturated carbocycles. The fourth-order valence-electron chi connectivity index (χ4n) is 3.63. The number of halogens is 1. The number of fused-ring (bicyclic) bond motifs is 1. The van der Waals surface area contributed by atoms with E-state index in [1.165, 1.54) is 12.1 Å². The van der Waals surface area contributed by atoms with E-state index in [2.05, 4.69) is 5.32 Å². The minimum atomic E-state index is -0.576. The molecular formula is C25H22FN3O2. The van der Waals surface area contributed by atoms with Crippen molar-refractivity contribution < 1.29 is 14.0 Å². The molecule has 0 saturated heterocycles. The van der Waals surface area contributed by atoms with Gasteiger partial charge in [-0.1, -0.05) is 18.2 Å². The summed E-state index contributed by atoms with van der Waals surface area (Å²) in [6.07, 6.45) is 0. The summed E-state index contributed by atoms with van der Waals surface area (Å²) in [4.78, 5) is 24.7. The number of nitrogens with two attached hydrogens (primary N) is 1. The second-order valence-electron chi connectivity index (χ2n) is 7.64. The number of hydrogen-bond donors (Lipinski definition) is 2. The Morgan fingerprint density at radius 3 is 2.48 bits per heavy atom. The van der Waals surface area contributed by atoms with E-state index in [-0.39, 0.29) is 11.7 Å². The fourth-order valence-corrected chi connectivity index (χ4v) is 3.63. The van der Waals surface area contributed by atoms with Crippen LogP contribution < -0.4 is 11.1 Å². The SMILES string of the molecule is Cc1ccc(C(=O)Nc2ccc3c(c2)cc(C(N)=O)n3Cc2cccc(F)c2)cc1C. The third-order valence-electron chi connectivity index (χ3n) is 5.41. The van der Waals surface area contributed by atoms with Crippen molar-refractivity contribution in [3.05, 3.63) is 100 Å². The predicted molar refractivity (Wildman–Crippen MR) is 120 cm³/mol. The van der Waals surface area contributed by atoms with Crippen molar-refractivity contribution in [3.8, 4) is 0 Å². The first-order valence-corrected chi connectivity index (χ1v) is 9.88. The number of nitrogens with one attached hydrogen (secondary N) is 1. The van der Waals surface area contributed by atoms with E-state index in [9.17, 15) is 14.0 Å². The van der Waals surface area contributed by atoms with Gasteiger partial charge in [0.15, 0.2) is 0 Å². The number of aryl methyl sites for hydroxylation is 2. The van der Waals surface area contributed by atoms with Crippen molar-refractivity contribution in [3.63, 3.8) is 0 Å². The molecule has 3 N–H and O–H groups in total. The topological polar surface area (TPSA) is 77.1 Å². The van der Waals surface area contributed by atoms with Gasteiger partial charge in [0.05, 0.1) is 0 Å². The van der Waals surface area contributed by atoms with Crippen LogP contribution in [0.5, 0.6) is 0 Å².